The van der Waals surface area contributed by atoms with Crippen molar-refractivity contribution in [1.29, 1.82) is 0 Å². The van der Waals surface area contributed by atoms with Gasteiger partial charge >= 0.3 is 6.18 Å². The molecule has 3 rings (SSSR count). The fourth-order valence-corrected chi connectivity index (χ4v) is 3.91. The lowest BCUT2D eigenvalue weighted by molar-refractivity contribution is -0.137. The van der Waals surface area contributed by atoms with Crippen LogP contribution in [-0.4, -0.2) is 44.0 Å². The number of hydrogen-bond acceptors (Lipinski definition) is 4. The lowest BCUT2D eigenvalue weighted by Gasteiger charge is -2.32. The lowest BCUT2D eigenvalue weighted by atomic mass is 9.94. The first-order valence-corrected chi connectivity index (χ1v) is 10.6. The lowest BCUT2D eigenvalue weighted by Crippen LogP contribution is -2.43. The molecule has 178 valence electrons. The van der Waals surface area contributed by atoms with Crippen molar-refractivity contribution in [2.45, 2.75) is 32.0 Å². The number of rotatable bonds is 6. The van der Waals surface area contributed by atoms with Gasteiger partial charge in [-0.05, 0) is 56.2 Å². The Kier molecular flexibility index (Phi) is 7.50. The third kappa shape index (κ3) is 5.77. The van der Waals surface area contributed by atoms with Crippen LogP contribution >= 0.6 is 0 Å². The predicted molar refractivity (Wildman–Crippen MR) is 116 cm³/mol. The summed E-state index contributed by atoms with van der Waals surface area (Å²) in [6.45, 7) is 2.59. The zero-order chi connectivity index (χ0) is 24.2. The van der Waals surface area contributed by atoms with Gasteiger partial charge in [0.15, 0.2) is 0 Å². The molecular weight excluding hydrogens is 437 g/mol. The molecule has 1 aliphatic heterocycles. The number of alkyl halides is 3. The highest BCUT2D eigenvalue weighted by Gasteiger charge is 2.32. The van der Waals surface area contributed by atoms with E-state index in [1.807, 2.05) is 13.0 Å². The van der Waals surface area contributed by atoms with Crippen molar-refractivity contribution in [3.63, 3.8) is 0 Å². The molecule has 1 unspecified atom stereocenters. The molecule has 1 aliphatic rings. The van der Waals surface area contributed by atoms with Crippen LogP contribution in [0.4, 0.5) is 13.2 Å². The van der Waals surface area contributed by atoms with Gasteiger partial charge in [-0.1, -0.05) is 0 Å². The highest BCUT2D eigenvalue weighted by Crippen LogP contribution is 2.31. The molecule has 33 heavy (non-hydrogen) atoms. The molecule has 0 bridgehead atoms. The number of amides is 2. The summed E-state index contributed by atoms with van der Waals surface area (Å²) in [4.78, 5) is 27.0. The standard InChI is InChI=1S/C24H27F3N2O4/c1-15(20-9-8-19(32-2)14-21(20)33-3)28-22(30)16-10-12-29(13-11-16)23(31)17-4-6-18(7-5-17)24(25,26)27/h4-9,14-16H,10-13H2,1-3H3,(H,28,30). The van der Waals surface area contributed by atoms with Crippen LogP contribution in [0.1, 0.15) is 47.3 Å². The maximum atomic E-state index is 12.8. The van der Waals surface area contributed by atoms with Crippen LogP contribution in [0.5, 0.6) is 11.5 Å². The fourth-order valence-electron chi connectivity index (χ4n) is 3.91. The predicted octanol–water partition coefficient (Wildman–Crippen LogP) is 4.45. The quantitative estimate of drug-likeness (QED) is 0.686. The van der Waals surface area contributed by atoms with Crippen molar-refractivity contribution in [2.24, 2.45) is 5.92 Å². The van der Waals surface area contributed by atoms with E-state index in [0.29, 0.717) is 37.4 Å². The molecule has 1 fully saturated rings. The summed E-state index contributed by atoms with van der Waals surface area (Å²) < 4.78 is 48.8. The van der Waals surface area contributed by atoms with Crippen molar-refractivity contribution in [3.8, 4) is 11.5 Å². The Labute approximate surface area is 190 Å². The second kappa shape index (κ2) is 10.1. The molecule has 1 heterocycles. The van der Waals surface area contributed by atoms with Gasteiger partial charge in [-0.25, -0.2) is 0 Å². The number of hydrogen-bond donors (Lipinski definition) is 1. The van der Waals surface area contributed by atoms with E-state index in [1.165, 1.54) is 12.1 Å². The van der Waals surface area contributed by atoms with Crippen LogP contribution < -0.4 is 14.8 Å². The van der Waals surface area contributed by atoms with E-state index < -0.39 is 11.7 Å². The smallest absolute Gasteiger partial charge is 0.416 e. The number of likely N-dealkylation sites (tertiary alicyclic amines) is 1. The maximum absolute atomic E-state index is 12.8. The maximum Gasteiger partial charge on any atom is 0.416 e. The van der Waals surface area contributed by atoms with Gasteiger partial charge in [-0.3, -0.25) is 9.59 Å². The molecule has 0 spiro atoms. The first kappa shape index (κ1) is 24.4. The second-order valence-corrected chi connectivity index (χ2v) is 7.98. The number of carbonyl (C=O) groups is 2. The second-order valence-electron chi connectivity index (χ2n) is 7.98. The van der Waals surface area contributed by atoms with Gasteiger partial charge in [-0.15, -0.1) is 0 Å². The molecule has 0 radical (unpaired) electrons. The Balaban J connectivity index is 1.56. The van der Waals surface area contributed by atoms with E-state index in [1.54, 1.807) is 31.3 Å². The first-order valence-electron chi connectivity index (χ1n) is 10.6. The third-order valence-corrected chi connectivity index (χ3v) is 5.88. The highest BCUT2D eigenvalue weighted by molar-refractivity contribution is 5.94. The number of nitrogens with one attached hydrogen (secondary N) is 1. The van der Waals surface area contributed by atoms with Gasteiger partial charge in [-0.2, -0.15) is 13.2 Å². The summed E-state index contributed by atoms with van der Waals surface area (Å²) in [5.74, 6) is 0.563. The number of piperidine rings is 1. The number of methoxy groups -OCH3 is 2. The largest absolute Gasteiger partial charge is 0.497 e. The molecule has 1 atom stereocenters. The summed E-state index contributed by atoms with van der Waals surface area (Å²) in [7, 11) is 3.12. The van der Waals surface area contributed by atoms with E-state index in [2.05, 4.69) is 5.32 Å². The van der Waals surface area contributed by atoms with Crippen LogP contribution in [0.25, 0.3) is 0 Å². The minimum atomic E-state index is -4.44. The van der Waals surface area contributed by atoms with Gasteiger partial charge in [0, 0.05) is 36.2 Å². The van der Waals surface area contributed by atoms with Crippen molar-refractivity contribution in [3.05, 3.63) is 59.2 Å². The van der Waals surface area contributed by atoms with E-state index in [9.17, 15) is 22.8 Å². The van der Waals surface area contributed by atoms with Crippen molar-refractivity contribution < 1.29 is 32.2 Å². The number of ether oxygens (including phenoxy) is 2. The molecule has 2 aromatic carbocycles. The monoisotopic (exact) mass is 464 g/mol. The normalized spacial score (nSPS) is 15.6. The average molecular weight is 464 g/mol. The van der Waals surface area contributed by atoms with Gasteiger partial charge in [0.25, 0.3) is 5.91 Å². The summed E-state index contributed by atoms with van der Waals surface area (Å²) in [5, 5.41) is 3.00. The Morgan fingerprint density at radius 2 is 1.67 bits per heavy atom. The Hall–Kier alpha value is -3.23. The molecule has 2 amide bonds. The summed E-state index contributed by atoms with van der Waals surface area (Å²) in [6, 6.07) is 9.29. The average Bonchev–Trinajstić information content (AvgIpc) is 2.82. The summed E-state index contributed by atoms with van der Waals surface area (Å²) >= 11 is 0. The van der Waals surface area contributed by atoms with Gasteiger partial charge < -0.3 is 19.7 Å². The number of halogens is 3. The fraction of sp³-hybridized carbons (Fsp3) is 0.417. The highest BCUT2D eigenvalue weighted by atomic mass is 19.4. The summed E-state index contributed by atoms with van der Waals surface area (Å²) in [6.07, 6.45) is -3.49. The third-order valence-electron chi connectivity index (χ3n) is 5.88. The van der Waals surface area contributed by atoms with Crippen molar-refractivity contribution >= 4 is 11.8 Å². The van der Waals surface area contributed by atoms with Crippen LogP contribution in [0, 0.1) is 5.92 Å². The van der Waals surface area contributed by atoms with E-state index in [4.69, 9.17) is 9.47 Å². The zero-order valence-corrected chi connectivity index (χ0v) is 18.7. The van der Waals surface area contributed by atoms with Crippen molar-refractivity contribution in [2.75, 3.05) is 27.3 Å². The molecular formula is C24H27F3N2O4. The van der Waals surface area contributed by atoms with Crippen LogP contribution in [0.15, 0.2) is 42.5 Å². The Morgan fingerprint density at radius 3 is 2.21 bits per heavy atom. The van der Waals surface area contributed by atoms with Crippen LogP contribution in [-0.2, 0) is 11.0 Å². The van der Waals surface area contributed by atoms with E-state index in [-0.39, 0.29) is 29.3 Å². The molecule has 6 nitrogen and oxygen atoms in total. The molecule has 9 heteroatoms. The Bertz CT molecular complexity index is 984. The minimum absolute atomic E-state index is 0.109. The number of carbonyl (C=O) groups excluding carboxylic acids is 2. The molecule has 2 aromatic rings. The van der Waals surface area contributed by atoms with Crippen LogP contribution in [0.2, 0.25) is 0 Å². The molecule has 0 saturated carbocycles. The minimum Gasteiger partial charge on any atom is -0.497 e. The molecule has 0 aliphatic carbocycles. The zero-order valence-electron chi connectivity index (χ0n) is 18.7. The van der Waals surface area contributed by atoms with Gasteiger partial charge in [0.05, 0.1) is 25.8 Å². The SMILES string of the molecule is COc1ccc(C(C)NC(=O)C2CCN(C(=O)c3ccc(C(F)(F)F)cc3)CC2)c(OC)c1. The van der Waals surface area contributed by atoms with E-state index >= 15 is 0 Å². The van der Waals surface area contributed by atoms with Crippen molar-refractivity contribution in [1.82, 2.24) is 10.2 Å². The van der Waals surface area contributed by atoms with E-state index in [0.717, 1.165) is 17.7 Å². The van der Waals surface area contributed by atoms with Gasteiger partial charge in [0.1, 0.15) is 11.5 Å². The van der Waals surface area contributed by atoms with Crippen LogP contribution in [0.3, 0.4) is 0 Å². The first-order chi connectivity index (χ1) is 15.6. The molecule has 1 N–H and O–H groups in total. The Morgan fingerprint density at radius 1 is 1.03 bits per heavy atom. The van der Waals surface area contributed by atoms with Gasteiger partial charge in [0.2, 0.25) is 5.91 Å². The molecule has 1 saturated heterocycles. The topological polar surface area (TPSA) is 67.9 Å². The summed E-state index contributed by atoms with van der Waals surface area (Å²) in [5.41, 5.74) is 0.227. The number of benzene rings is 2. The number of nitrogens with zero attached hydrogens (tertiary/aromatic N) is 1. The molecule has 0 aromatic heterocycles.